The SMILES string of the molecule is CCCNC(=O)CSC(c1sccc1C)C(C)N. The van der Waals surface area contributed by atoms with Crippen LogP contribution in [0.1, 0.15) is 36.0 Å². The standard InChI is InChI=1S/C13H22N2OS2/c1-4-6-15-11(16)8-18-13(10(3)14)12-9(2)5-7-17-12/h5,7,10,13H,4,6,8,14H2,1-3H3,(H,15,16). The number of rotatable bonds is 7. The summed E-state index contributed by atoms with van der Waals surface area (Å²) in [5.41, 5.74) is 7.30. The van der Waals surface area contributed by atoms with E-state index in [-0.39, 0.29) is 17.2 Å². The Balaban J connectivity index is 2.55. The van der Waals surface area contributed by atoms with Crippen molar-refractivity contribution in [1.82, 2.24) is 5.32 Å². The molecule has 1 amide bonds. The van der Waals surface area contributed by atoms with Crippen molar-refractivity contribution in [3.8, 4) is 0 Å². The second-order valence-corrected chi connectivity index (χ2v) is 6.49. The monoisotopic (exact) mass is 286 g/mol. The molecule has 0 fully saturated rings. The molecule has 0 aliphatic carbocycles. The number of amides is 1. The highest BCUT2D eigenvalue weighted by atomic mass is 32.2. The Morgan fingerprint density at radius 3 is 2.83 bits per heavy atom. The summed E-state index contributed by atoms with van der Waals surface area (Å²) in [6.45, 7) is 6.90. The van der Waals surface area contributed by atoms with Crippen molar-refractivity contribution in [1.29, 1.82) is 0 Å². The quantitative estimate of drug-likeness (QED) is 0.810. The van der Waals surface area contributed by atoms with Gasteiger partial charge in [-0.2, -0.15) is 0 Å². The zero-order valence-electron chi connectivity index (χ0n) is 11.2. The molecule has 3 N–H and O–H groups in total. The molecule has 1 aromatic heterocycles. The lowest BCUT2D eigenvalue weighted by atomic mass is 10.1. The third-order valence-electron chi connectivity index (χ3n) is 2.60. The Morgan fingerprint density at radius 1 is 1.61 bits per heavy atom. The number of aryl methyl sites for hydroxylation is 1. The summed E-state index contributed by atoms with van der Waals surface area (Å²) in [6, 6.07) is 2.15. The van der Waals surface area contributed by atoms with Crippen LogP contribution in [0.25, 0.3) is 0 Å². The lowest BCUT2D eigenvalue weighted by Crippen LogP contribution is -2.28. The van der Waals surface area contributed by atoms with Gasteiger partial charge in [-0.25, -0.2) is 0 Å². The minimum absolute atomic E-state index is 0.0475. The first-order chi connectivity index (χ1) is 8.56. The maximum Gasteiger partial charge on any atom is 0.230 e. The highest BCUT2D eigenvalue weighted by Gasteiger charge is 2.21. The molecule has 0 aromatic carbocycles. The molecule has 0 saturated carbocycles. The van der Waals surface area contributed by atoms with Crippen LogP contribution in [0.5, 0.6) is 0 Å². The molecule has 18 heavy (non-hydrogen) atoms. The summed E-state index contributed by atoms with van der Waals surface area (Å²) in [6.07, 6.45) is 0.969. The average molecular weight is 286 g/mol. The predicted octanol–water partition coefficient (Wildman–Crippen LogP) is 2.70. The van der Waals surface area contributed by atoms with Gasteiger partial charge in [0.2, 0.25) is 5.91 Å². The van der Waals surface area contributed by atoms with E-state index in [0.717, 1.165) is 13.0 Å². The second kappa shape index (κ2) is 7.81. The van der Waals surface area contributed by atoms with Crippen LogP contribution in [0, 0.1) is 6.92 Å². The number of thioether (sulfide) groups is 1. The lowest BCUT2D eigenvalue weighted by Gasteiger charge is -2.20. The van der Waals surface area contributed by atoms with Gasteiger partial charge in [0.15, 0.2) is 0 Å². The fourth-order valence-corrected chi connectivity index (χ4v) is 4.09. The minimum Gasteiger partial charge on any atom is -0.355 e. The van der Waals surface area contributed by atoms with E-state index < -0.39 is 0 Å². The number of nitrogens with two attached hydrogens (primary N) is 1. The number of carbonyl (C=O) groups is 1. The Morgan fingerprint density at radius 2 is 2.33 bits per heavy atom. The summed E-state index contributed by atoms with van der Waals surface area (Å²) in [4.78, 5) is 12.9. The van der Waals surface area contributed by atoms with Crippen LogP contribution in [0.4, 0.5) is 0 Å². The number of carbonyl (C=O) groups excluding carboxylic acids is 1. The number of thiophene rings is 1. The van der Waals surface area contributed by atoms with Crippen molar-refractivity contribution >= 4 is 29.0 Å². The highest BCUT2D eigenvalue weighted by Crippen LogP contribution is 2.36. The first-order valence-corrected chi connectivity index (χ1v) is 8.17. The molecule has 0 radical (unpaired) electrons. The van der Waals surface area contributed by atoms with Crippen LogP contribution in [-0.2, 0) is 4.79 Å². The molecule has 1 heterocycles. The molecule has 1 rings (SSSR count). The van der Waals surface area contributed by atoms with Crippen LogP contribution < -0.4 is 11.1 Å². The van der Waals surface area contributed by atoms with Gasteiger partial charge >= 0.3 is 0 Å². The van der Waals surface area contributed by atoms with Gasteiger partial charge in [-0.1, -0.05) is 6.92 Å². The molecule has 0 aliphatic rings. The predicted molar refractivity (Wildman–Crippen MR) is 81.2 cm³/mol. The van der Waals surface area contributed by atoms with Crippen molar-refractivity contribution in [3.63, 3.8) is 0 Å². The Kier molecular flexibility index (Phi) is 6.75. The van der Waals surface area contributed by atoms with Crippen molar-refractivity contribution < 1.29 is 4.79 Å². The molecule has 2 unspecified atom stereocenters. The summed E-state index contributed by atoms with van der Waals surface area (Å²) in [5.74, 6) is 0.575. The van der Waals surface area contributed by atoms with Gasteiger partial charge in [0.05, 0.1) is 11.0 Å². The summed E-state index contributed by atoms with van der Waals surface area (Å²) >= 11 is 3.36. The molecule has 0 aliphatic heterocycles. The van der Waals surface area contributed by atoms with Crippen LogP contribution in [0.15, 0.2) is 11.4 Å². The third kappa shape index (κ3) is 4.63. The zero-order valence-corrected chi connectivity index (χ0v) is 12.9. The molecule has 2 atom stereocenters. The Bertz CT molecular complexity index is 377. The van der Waals surface area contributed by atoms with Crippen LogP contribution in [-0.4, -0.2) is 24.2 Å². The summed E-state index contributed by atoms with van der Waals surface area (Å²) in [5, 5.41) is 5.18. The molecule has 0 saturated heterocycles. The van der Waals surface area contributed by atoms with Crippen LogP contribution in [0.2, 0.25) is 0 Å². The van der Waals surface area contributed by atoms with Gasteiger partial charge in [0.25, 0.3) is 0 Å². The van der Waals surface area contributed by atoms with E-state index in [4.69, 9.17) is 5.73 Å². The van der Waals surface area contributed by atoms with Crippen molar-refractivity contribution in [2.24, 2.45) is 5.73 Å². The molecular weight excluding hydrogens is 264 g/mol. The molecule has 102 valence electrons. The fourth-order valence-electron chi connectivity index (χ4n) is 1.62. The molecule has 0 bridgehead atoms. The van der Waals surface area contributed by atoms with Crippen molar-refractivity contribution in [3.05, 3.63) is 21.9 Å². The number of hydrogen-bond acceptors (Lipinski definition) is 4. The van der Waals surface area contributed by atoms with Gasteiger partial charge < -0.3 is 11.1 Å². The maximum atomic E-state index is 11.6. The van der Waals surface area contributed by atoms with Gasteiger partial charge in [-0.05, 0) is 37.3 Å². The normalized spacial score (nSPS) is 14.2. The topological polar surface area (TPSA) is 55.1 Å². The third-order valence-corrected chi connectivity index (χ3v) is 5.31. The number of hydrogen-bond donors (Lipinski definition) is 2. The van der Waals surface area contributed by atoms with Gasteiger partial charge in [-0.15, -0.1) is 23.1 Å². The first kappa shape index (κ1) is 15.5. The van der Waals surface area contributed by atoms with E-state index in [1.54, 1.807) is 23.1 Å². The second-order valence-electron chi connectivity index (χ2n) is 4.41. The van der Waals surface area contributed by atoms with E-state index in [9.17, 15) is 4.79 Å². The maximum absolute atomic E-state index is 11.6. The zero-order chi connectivity index (χ0) is 13.5. The van der Waals surface area contributed by atoms with E-state index in [2.05, 4.69) is 23.7 Å². The van der Waals surface area contributed by atoms with E-state index in [1.165, 1.54) is 10.4 Å². The van der Waals surface area contributed by atoms with E-state index in [1.807, 2.05) is 13.8 Å². The van der Waals surface area contributed by atoms with Crippen molar-refractivity contribution in [2.75, 3.05) is 12.3 Å². The minimum atomic E-state index is 0.0475. The summed E-state index contributed by atoms with van der Waals surface area (Å²) in [7, 11) is 0. The molecule has 3 nitrogen and oxygen atoms in total. The van der Waals surface area contributed by atoms with E-state index >= 15 is 0 Å². The van der Waals surface area contributed by atoms with Crippen LogP contribution in [0.3, 0.4) is 0 Å². The smallest absolute Gasteiger partial charge is 0.230 e. The fraction of sp³-hybridized carbons (Fsp3) is 0.615. The van der Waals surface area contributed by atoms with E-state index in [0.29, 0.717) is 5.75 Å². The van der Waals surface area contributed by atoms with Gasteiger partial charge in [0, 0.05) is 17.5 Å². The average Bonchev–Trinajstić information content (AvgIpc) is 2.73. The van der Waals surface area contributed by atoms with Crippen LogP contribution >= 0.6 is 23.1 Å². The lowest BCUT2D eigenvalue weighted by molar-refractivity contribution is -0.118. The van der Waals surface area contributed by atoms with Gasteiger partial charge in [-0.3, -0.25) is 4.79 Å². The molecule has 0 spiro atoms. The Hall–Kier alpha value is -0.520. The first-order valence-electron chi connectivity index (χ1n) is 6.24. The van der Waals surface area contributed by atoms with Crippen molar-refractivity contribution in [2.45, 2.75) is 38.5 Å². The summed E-state index contributed by atoms with van der Waals surface area (Å²) < 4.78 is 0. The highest BCUT2D eigenvalue weighted by molar-refractivity contribution is 8.00. The number of nitrogens with one attached hydrogen (secondary N) is 1. The molecule has 5 heteroatoms. The molecule has 1 aromatic rings. The Labute approximate surface area is 118 Å². The molecular formula is C13H22N2OS2. The largest absolute Gasteiger partial charge is 0.355 e. The van der Waals surface area contributed by atoms with Gasteiger partial charge in [0.1, 0.15) is 0 Å².